The molecule has 0 saturated carbocycles. The Balaban J connectivity index is 4.72. The van der Waals surface area contributed by atoms with Gasteiger partial charge in [-0.15, -0.1) is 0 Å². The molecule has 0 aliphatic rings. The van der Waals surface area contributed by atoms with Gasteiger partial charge in [-0.1, -0.05) is 13.8 Å². The molecule has 0 rings (SSSR count). The molecule has 3 unspecified atom stereocenters. The maximum atomic E-state index is 12.2. The van der Waals surface area contributed by atoms with Gasteiger partial charge in [0.15, 0.2) is 0 Å². The Bertz CT molecular complexity index is 452. The van der Waals surface area contributed by atoms with Gasteiger partial charge in [0.1, 0.15) is 18.1 Å². The number of amides is 3. The third kappa shape index (κ3) is 8.15. The second-order valence-corrected chi connectivity index (χ2v) is 5.75. The average molecular weight is 330 g/mol. The Morgan fingerprint density at radius 1 is 0.913 bits per heavy atom. The highest BCUT2D eigenvalue weighted by Gasteiger charge is 2.26. The fraction of sp³-hybridized carbons (Fsp3) is 0.714. The summed E-state index contributed by atoms with van der Waals surface area (Å²) in [5.41, 5.74) is 5.22. The van der Waals surface area contributed by atoms with Crippen molar-refractivity contribution in [2.75, 3.05) is 6.54 Å². The van der Waals surface area contributed by atoms with Crippen LogP contribution in [0.25, 0.3) is 0 Å². The monoisotopic (exact) mass is 330 g/mol. The van der Waals surface area contributed by atoms with Gasteiger partial charge in [0.2, 0.25) is 17.7 Å². The van der Waals surface area contributed by atoms with Crippen LogP contribution in [0.1, 0.15) is 34.1 Å². The average Bonchev–Trinajstić information content (AvgIpc) is 2.45. The zero-order valence-corrected chi connectivity index (χ0v) is 13.9. The van der Waals surface area contributed by atoms with Crippen LogP contribution in [0.4, 0.5) is 0 Å². The van der Waals surface area contributed by atoms with Gasteiger partial charge in [-0.2, -0.15) is 0 Å². The summed E-state index contributed by atoms with van der Waals surface area (Å²) in [6, 6.07) is -2.81. The number of carboxylic acids is 1. The second-order valence-electron chi connectivity index (χ2n) is 5.75. The first-order chi connectivity index (χ1) is 10.6. The van der Waals surface area contributed by atoms with Gasteiger partial charge in [-0.05, 0) is 26.2 Å². The minimum absolute atomic E-state index is 0.139. The Kier molecular flexibility index (Phi) is 8.86. The Hall–Kier alpha value is -2.16. The van der Waals surface area contributed by atoms with Crippen molar-refractivity contribution < 1.29 is 24.3 Å². The zero-order chi connectivity index (χ0) is 18.2. The molecule has 0 aromatic carbocycles. The van der Waals surface area contributed by atoms with Gasteiger partial charge in [0, 0.05) is 0 Å². The molecule has 0 aliphatic heterocycles. The number of hydrogen-bond donors (Lipinski definition) is 5. The minimum atomic E-state index is -1.18. The van der Waals surface area contributed by atoms with E-state index in [1.165, 1.54) is 13.8 Å². The first-order valence-corrected chi connectivity index (χ1v) is 7.41. The highest BCUT2D eigenvalue weighted by atomic mass is 16.4. The molecular formula is C14H26N4O5. The van der Waals surface area contributed by atoms with Crippen molar-refractivity contribution in [3.8, 4) is 0 Å². The predicted molar refractivity (Wildman–Crippen MR) is 83.3 cm³/mol. The molecule has 0 aromatic heterocycles. The molecule has 23 heavy (non-hydrogen) atoms. The molecule has 0 spiro atoms. The minimum Gasteiger partial charge on any atom is -0.480 e. The predicted octanol–water partition coefficient (Wildman–Crippen LogP) is -1.43. The van der Waals surface area contributed by atoms with Gasteiger partial charge in [0.05, 0.1) is 6.54 Å². The zero-order valence-electron chi connectivity index (χ0n) is 13.9. The van der Waals surface area contributed by atoms with Crippen LogP contribution < -0.4 is 21.7 Å². The van der Waals surface area contributed by atoms with Gasteiger partial charge < -0.3 is 26.8 Å². The molecule has 0 aromatic rings. The van der Waals surface area contributed by atoms with E-state index in [0.29, 0.717) is 6.42 Å². The van der Waals surface area contributed by atoms with Crippen molar-refractivity contribution in [2.45, 2.75) is 52.2 Å². The maximum Gasteiger partial charge on any atom is 0.325 e. The summed E-state index contributed by atoms with van der Waals surface area (Å²) in [5, 5.41) is 16.0. The summed E-state index contributed by atoms with van der Waals surface area (Å²) in [5.74, 6) is -2.65. The lowest BCUT2D eigenvalue weighted by atomic mass is 10.0. The van der Waals surface area contributed by atoms with Crippen LogP contribution in [0.5, 0.6) is 0 Å². The van der Waals surface area contributed by atoms with E-state index in [-0.39, 0.29) is 12.5 Å². The number of nitrogens with one attached hydrogen (secondary N) is 3. The number of carboxylic acid groups (broad SMARTS) is 1. The van der Waals surface area contributed by atoms with Gasteiger partial charge in [0.25, 0.3) is 0 Å². The smallest absolute Gasteiger partial charge is 0.325 e. The second kappa shape index (κ2) is 9.78. The SMILES string of the molecule is CC(C)CC(NC(=O)CN)C(=O)NC(C)C(=O)NC(C)C(=O)O. The van der Waals surface area contributed by atoms with Crippen molar-refractivity contribution in [3.63, 3.8) is 0 Å². The molecule has 0 bridgehead atoms. The van der Waals surface area contributed by atoms with Crippen LogP contribution in [0, 0.1) is 5.92 Å². The molecule has 3 amide bonds. The standard InChI is InChI=1S/C14H26N4O5/c1-7(2)5-10(18-11(19)6-15)13(21)16-8(3)12(20)17-9(4)14(22)23/h7-10H,5-6,15H2,1-4H3,(H,16,21)(H,17,20)(H,18,19)(H,22,23). The van der Waals surface area contributed by atoms with Crippen molar-refractivity contribution in [3.05, 3.63) is 0 Å². The first-order valence-electron chi connectivity index (χ1n) is 7.41. The van der Waals surface area contributed by atoms with Crippen LogP contribution in [-0.4, -0.2) is 53.5 Å². The van der Waals surface area contributed by atoms with Crippen LogP contribution in [0.15, 0.2) is 0 Å². The summed E-state index contributed by atoms with van der Waals surface area (Å²) >= 11 is 0. The summed E-state index contributed by atoms with van der Waals surface area (Å²) in [4.78, 5) is 46.1. The number of carbonyl (C=O) groups is 4. The lowest BCUT2D eigenvalue weighted by Crippen LogP contribution is -2.55. The number of aliphatic carboxylic acids is 1. The lowest BCUT2D eigenvalue weighted by Gasteiger charge is -2.22. The van der Waals surface area contributed by atoms with E-state index in [0.717, 1.165) is 0 Å². The normalized spacial score (nSPS) is 14.5. The number of carbonyl (C=O) groups excluding carboxylic acids is 3. The fourth-order valence-corrected chi connectivity index (χ4v) is 1.74. The van der Waals surface area contributed by atoms with Crippen LogP contribution in [0.3, 0.4) is 0 Å². The summed E-state index contributed by atoms with van der Waals surface area (Å²) in [6.07, 6.45) is 0.386. The molecular weight excluding hydrogens is 304 g/mol. The van der Waals surface area contributed by atoms with Gasteiger partial charge in [-0.3, -0.25) is 19.2 Å². The highest BCUT2D eigenvalue weighted by Crippen LogP contribution is 2.05. The van der Waals surface area contributed by atoms with Gasteiger partial charge in [-0.25, -0.2) is 0 Å². The molecule has 0 aliphatic carbocycles. The van der Waals surface area contributed by atoms with Crippen molar-refractivity contribution in [1.29, 1.82) is 0 Å². The third-order valence-corrected chi connectivity index (χ3v) is 3.03. The molecule has 0 radical (unpaired) electrons. The van der Waals surface area contributed by atoms with Crippen LogP contribution >= 0.6 is 0 Å². The molecule has 6 N–H and O–H groups in total. The molecule has 0 saturated heterocycles. The highest BCUT2D eigenvalue weighted by molar-refractivity contribution is 5.93. The van der Waals surface area contributed by atoms with Crippen LogP contribution in [-0.2, 0) is 19.2 Å². The van der Waals surface area contributed by atoms with E-state index >= 15 is 0 Å². The number of hydrogen-bond acceptors (Lipinski definition) is 5. The molecule has 3 atom stereocenters. The van der Waals surface area contributed by atoms with Crippen molar-refractivity contribution >= 4 is 23.7 Å². The maximum absolute atomic E-state index is 12.2. The lowest BCUT2D eigenvalue weighted by molar-refractivity contribution is -0.141. The van der Waals surface area contributed by atoms with Gasteiger partial charge >= 0.3 is 5.97 Å². The molecule has 9 nitrogen and oxygen atoms in total. The Morgan fingerprint density at radius 3 is 1.87 bits per heavy atom. The molecule has 9 heteroatoms. The van der Waals surface area contributed by atoms with Crippen molar-refractivity contribution in [2.24, 2.45) is 11.7 Å². The number of nitrogens with two attached hydrogens (primary N) is 1. The third-order valence-electron chi connectivity index (χ3n) is 3.03. The quantitative estimate of drug-likeness (QED) is 0.350. The topological polar surface area (TPSA) is 151 Å². The summed E-state index contributed by atoms with van der Waals surface area (Å²) < 4.78 is 0. The van der Waals surface area contributed by atoms with E-state index in [2.05, 4.69) is 16.0 Å². The fourth-order valence-electron chi connectivity index (χ4n) is 1.74. The van der Waals surface area contributed by atoms with E-state index < -0.39 is 41.8 Å². The summed E-state index contributed by atoms with van der Waals surface area (Å²) in [6.45, 7) is 6.28. The summed E-state index contributed by atoms with van der Waals surface area (Å²) in [7, 11) is 0. The van der Waals surface area contributed by atoms with Crippen molar-refractivity contribution in [1.82, 2.24) is 16.0 Å². The van der Waals surface area contributed by atoms with Crippen LogP contribution in [0.2, 0.25) is 0 Å². The Labute approximate surface area is 135 Å². The number of rotatable bonds is 9. The molecule has 0 fully saturated rings. The van der Waals surface area contributed by atoms with E-state index in [1.807, 2.05) is 13.8 Å². The molecule has 0 heterocycles. The van der Waals surface area contributed by atoms with E-state index in [4.69, 9.17) is 10.8 Å². The van der Waals surface area contributed by atoms with E-state index in [9.17, 15) is 19.2 Å². The first kappa shape index (κ1) is 20.8. The van der Waals surface area contributed by atoms with E-state index in [1.54, 1.807) is 0 Å². The Morgan fingerprint density at radius 2 is 1.43 bits per heavy atom. The largest absolute Gasteiger partial charge is 0.480 e. The molecule has 132 valence electrons.